The summed E-state index contributed by atoms with van der Waals surface area (Å²) in [7, 11) is 4.22. The molecule has 5 nitrogen and oxygen atoms in total. The number of carbonyl (C=O) groups is 2. The number of carbonyl (C=O) groups excluding carboxylic acids is 2. The van der Waals surface area contributed by atoms with Crippen molar-refractivity contribution < 1.29 is 9.59 Å². The molecule has 1 aliphatic carbocycles. The third kappa shape index (κ3) is 3.14. The third-order valence-corrected chi connectivity index (χ3v) is 5.38. The Bertz CT molecular complexity index is 402. The van der Waals surface area contributed by atoms with Crippen LogP contribution >= 0.6 is 0 Å². The van der Waals surface area contributed by atoms with Crippen molar-refractivity contribution in [3.8, 4) is 0 Å². The van der Waals surface area contributed by atoms with Crippen LogP contribution in [0.4, 0.5) is 0 Å². The minimum atomic E-state index is -0.330. The fourth-order valence-electron chi connectivity index (χ4n) is 3.58. The molecule has 1 aliphatic heterocycles. The first-order chi connectivity index (χ1) is 9.91. The second-order valence-electron chi connectivity index (χ2n) is 6.82. The number of nitrogens with zero attached hydrogens (tertiary/aromatic N) is 2. The van der Waals surface area contributed by atoms with E-state index in [4.69, 9.17) is 0 Å². The average Bonchev–Trinajstić information content (AvgIpc) is 3.02. The van der Waals surface area contributed by atoms with Crippen LogP contribution in [0.3, 0.4) is 0 Å². The molecule has 2 atom stereocenters. The molecule has 2 amide bonds. The van der Waals surface area contributed by atoms with Gasteiger partial charge in [0.25, 0.3) is 0 Å². The lowest BCUT2D eigenvalue weighted by Crippen LogP contribution is -2.53. The summed E-state index contributed by atoms with van der Waals surface area (Å²) >= 11 is 0. The smallest absolute Gasteiger partial charge is 0.247 e. The second kappa shape index (κ2) is 6.44. The molecule has 2 unspecified atom stereocenters. The fourth-order valence-corrected chi connectivity index (χ4v) is 3.58. The summed E-state index contributed by atoms with van der Waals surface area (Å²) in [5.41, 5.74) is 0.146. The maximum Gasteiger partial charge on any atom is 0.247 e. The summed E-state index contributed by atoms with van der Waals surface area (Å²) in [6.07, 6.45) is 5.94. The van der Waals surface area contributed by atoms with E-state index in [1.54, 1.807) is 0 Å². The molecule has 2 fully saturated rings. The van der Waals surface area contributed by atoms with Crippen molar-refractivity contribution in [1.82, 2.24) is 15.1 Å². The number of nitrogens with one attached hydrogen (secondary N) is 1. The molecule has 1 saturated heterocycles. The Labute approximate surface area is 128 Å². The molecule has 0 aromatic rings. The molecule has 0 spiro atoms. The number of likely N-dealkylation sites (tertiary alicyclic amines) is 1. The summed E-state index contributed by atoms with van der Waals surface area (Å²) in [4.78, 5) is 28.2. The van der Waals surface area contributed by atoms with Crippen LogP contribution in [0.25, 0.3) is 0 Å². The number of amides is 2. The van der Waals surface area contributed by atoms with Gasteiger partial charge in [-0.05, 0) is 40.3 Å². The van der Waals surface area contributed by atoms with Crippen LogP contribution in [0.2, 0.25) is 0 Å². The van der Waals surface area contributed by atoms with Crippen LogP contribution in [0, 0.1) is 0 Å². The number of imide groups is 1. The Hall–Kier alpha value is -0.940. The van der Waals surface area contributed by atoms with Gasteiger partial charge >= 0.3 is 0 Å². The van der Waals surface area contributed by atoms with Crippen LogP contribution in [-0.2, 0) is 9.59 Å². The molecule has 120 valence electrons. The van der Waals surface area contributed by atoms with E-state index in [0.717, 1.165) is 25.8 Å². The van der Waals surface area contributed by atoms with Crippen LogP contribution in [0.5, 0.6) is 0 Å². The molecule has 2 rings (SSSR count). The lowest BCUT2D eigenvalue weighted by atomic mass is 9.95. The van der Waals surface area contributed by atoms with Crippen molar-refractivity contribution in [3.05, 3.63) is 0 Å². The molecular weight excluding hydrogens is 266 g/mol. The molecule has 0 aromatic heterocycles. The summed E-state index contributed by atoms with van der Waals surface area (Å²) in [5, 5.41) is 3.38. The van der Waals surface area contributed by atoms with Gasteiger partial charge in [-0.2, -0.15) is 0 Å². The predicted octanol–water partition coefficient (Wildman–Crippen LogP) is 1.38. The van der Waals surface area contributed by atoms with Crippen LogP contribution in [0.15, 0.2) is 0 Å². The number of hydrogen-bond donors (Lipinski definition) is 1. The van der Waals surface area contributed by atoms with Gasteiger partial charge in [-0.1, -0.05) is 19.8 Å². The van der Waals surface area contributed by atoms with Gasteiger partial charge in [0.1, 0.15) is 0 Å². The predicted molar refractivity (Wildman–Crippen MR) is 82.9 cm³/mol. The molecule has 0 aromatic carbocycles. The Balaban J connectivity index is 1.98. The van der Waals surface area contributed by atoms with E-state index in [9.17, 15) is 9.59 Å². The summed E-state index contributed by atoms with van der Waals surface area (Å²) < 4.78 is 0. The molecule has 0 radical (unpaired) electrons. The molecule has 21 heavy (non-hydrogen) atoms. The fraction of sp³-hybridized carbons (Fsp3) is 0.875. The van der Waals surface area contributed by atoms with Crippen molar-refractivity contribution in [2.24, 2.45) is 0 Å². The normalized spacial score (nSPS) is 26.9. The second-order valence-corrected chi connectivity index (χ2v) is 6.82. The third-order valence-electron chi connectivity index (χ3n) is 5.38. The van der Waals surface area contributed by atoms with E-state index in [-0.39, 0.29) is 29.4 Å². The van der Waals surface area contributed by atoms with Gasteiger partial charge in [-0.3, -0.25) is 14.5 Å². The molecule has 2 aliphatic rings. The van der Waals surface area contributed by atoms with Crippen LogP contribution in [0.1, 0.15) is 52.4 Å². The minimum absolute atomic E-state index is 0.00564. The first-order valence-electron chi connectivity index (χ1n) is 8.18. The van der Waals surface area contributed by atoms with Gasteiger partial charge in [0.2, 0.25) is 11.8 Å². The topological polar surface area (TPSA) is 52.7 Å². The Morgan fingerprint density at radius 3 is 2.48 bits per heavy atom. The maximum absolute atomic E-state index is 12.4. The lowest BCUT2D eigenvalue weighted by Gasteiger charge is -2.37. The summed E-state index contributed by atoms with van der Waals surface area (Å²) in [6.45, 7) is 4.74. The largest absolute Gasteiger partial charge is 0.304 e. The first-order valence-corrected chi connectivity index (χ1v) is 8.18. The molecule has 0 bridgehead atoms. The highest BCUT2D eigenvalue weighted by Crippen LogP contribution is 2.33. The van der Waals surface area contributed by atoms with E-state index < -0.39 is 0 Å². The van der Waals surface area contributed by atoms with E-state index in [2.05, 4.69) is 24.3 Å². The molecule has 5 heteroatoms. The van der Waals surface area contributed by atoms with Gasteiger partial charge < -0.3 is 10.2 Å². The van der Waals surface area contributed by atoms with Crippen molar-refractivity contribution in [2.45, 2.75) is 70.0 Å². The van der Waals surface area contributed by atoms with Gasteiger partial charge in [-0.25, -0.2) is 0 Å². The highest BCUT2D eigenvalue weighted by atomic mass is 16.2. The molecule has 1 N–H and O–H groups in total. The number of likely N-dealkylation sites (N-methyl/N-ethyl adjacent to an activating group) is 1. The summed E-state index contributed by atoms with van der Waals surface area (Å²) in [6, 6.07) is -0.324. The minimum Gasteiger partial charge on any atom is -0.304 e. The van der Waals surface area contributed by atoms with Crippen molar-refractivity contribution in [2.75, 3.05) is 20.6 Å². The van der Waals surface area contributed by atoms with Crippen molar-refractivity contribution in [1.29, 1.82) is 0 Å². The highest BCUT2D eigenvalue weighted by Gasteiger charge is 2.42. The van der Waals surface area contributed by atoms with E-state index in [1.165, 1.54) is 17.7 Å². The van der Waals surface area contributed by atoms with Gasteiger partial charge in [0.15, 0.2) is 0 Å². The molecule has 1 saturated carbocycles. The molecular formula is C16H29N3O2. The first kappa shape index (κ1) is 16.4. The SMILES string of the molecule is CCC(C)N1C(=O)CC(NCC2(N(C)C)CCCC2)C1=O. The molecule has 1 heterocycles. The van der Waals surface area contributed by atoms with Crippen LogP contribution in [-0.4, -0.2) is 59.9 Å². The Kier molecular flexibility index (Phi) is 5.04. The Morgan fingerprint density at radius 2 is 1.95 bits per heavy atom. The van der Waals surface area contributed by atoms with E-state index in [0.29, 0.717) is 6.42 Å². The monoisotopic (exact) mass is 295 g/mol. The van der Waals surface area contributed by atoms with Gasteiger partial charge in [-0.15, -0.1) is 0 Å². The summed E-state index contributed by atoms with van der Waals surface area (Å²) in [5.74, 6) is -0.0709. The maximum atomic E-state index is 12.4. The number of rotatable bonds is 6. The van der Waals surface area contributed by atoms with E-state index in [1.807, 2.05) is 13.8 Å². The average molecular weight is 295 g/mol. The lowest BCUT2D eigenvalue weighted by molar-refractivity contribution is -0.141. The zero-order valence-corrected chi connectivity index (χ0v) is 13.8. The highest BCUT2D eigenvalue weighted by molar-refractivity contribution is 6.05. The van der Waals surface area contributed by atoms with Gasteiger partial charge in [0.05, 0.1) is 12.5 Å². The van der Waals surface area contributed by atoms with Crippen molar-refractivity contribution in [3.63, 3.8) is 0 Å². The van der Waals surface area contributed by atoms with Gasteiger partial charge in [0, 0.05) is 18.1 Å². The number of hydrogen-bond acceptors (Lipinski definition) is 4. The van der Waals surface area contributed by atoms with Crippen molar-refractivity contribution >= 4 is 11.8 Å². The quantitative estimate of drug-likeness (QED) is 0.752. The Morgan fingerprint density at radius 1 is 1.33 bits per heavy atom. The van der Waals surface area contributed by atoms with Crippen LogP contribution < -0.4 is 5.32 Å². The standard InChI is InChI=1S/C16H29N3O2/c1-5-12(2)19-14(20)10-13(15(19)21)17-11-16(18(3)4)8-6-7-9-16/h12-13,17H,5-11H2,1-4H3. The zero-order chi connectivity index (χ0) is 15.6. The van der Waals surface area contributed by atoms with E-state index >= 15 is 0 Å². The zero-order valence-electron chi connectivity index (χ0n) is 13.8.